The largest absolute Gasteiger partial charge is 0.397 e. The van der Waals surface area contributed by atoms with Gasteiger partial charge in [0.25, 0.3) is 0 Å². The van der Waals surface area contributed by atoms with Crippen molar-refractivity contribution in [3.63, 3.8) is 0 Å². The predicted molar refractivity (Wildman–Crippen MR) is 80.4 cm³/mol. The molecule has 96 valence electrons. The van der Waals surface area contributed by atoms with Gasteiger partial charge in [0.1, 0.15) is 0 Å². The molecule has 0 amide bonds. The number of hydrogen-bond acceptors (Lipinski definition) is 2. The summed E-state index contributed by atoms with van der Waals surface area (Å²) < 4.78 is 1.03. The van der Waals surface area contributed by atoms with Crippen LogP contribution in [-0.4, -0.2) is 6.54 Å². The van der Waals surface area contributed by atoms with E-state index in [0.29, 0.717) is 0 Å². The Hall–Kier alpha value is -0.700. The second kappa shape index (κ2) is 7.59. The number of rotatable bonds is 7. The van der Waals surface area contributed by atoms with Gasteiger partial charge in [-0.15, -0.1) is 0 Å². The van der Waals surface area contributed by atoms with Crippen LogP contribution in [0.1, 0.15) is 39.5 Å². The van der Waals surface area contributed by atoms with Crippen LogP contribution in [0.3, 0.4) is 0 Å². The number of unbranched alkanes of at least 4 members (excludes halogenated alkanes) is 1. The Morgan fingerprint density at radius 2 is 2.12 bits per heavy atom. The molecular formula is C14H23BrN2. The molecule has 0 aliphatic rings. The van der Waals surface area contributed by atoms with Crippen molar-refractivity contribution in [2.75, 3.05) is 17.6 Å². The van der Waals surface area contributed by atoms with Gasteiger partial charge in [-0.2, -0.15) is 0 Å². The minimum atomic E-state index is 0.748. The lowest BCUT2D eigenvalue weighted by atomic mass is 9.99. The number of nitrogens with two attached hydrogens (primary N) is 1. The fourth-order valence-corrected chi connectivity index (χ4v) is 2.27. The zero-order valence-electron chi connectivity index (χ0n) is 10.8. The lowest BCUT2D eigenvalue weighted by Gasteiger charge is -2.17. The number of anilines is 2. The molecule has 0 aromatic heterocycles. The quantitative estimate of drug-likeness (QED) is 0.719. The Labute approximate surface area is 113 Å². The van der Waals surface area contributed by atoms with Gasteiger partial charge >= 0.3 is 0 Å². The van der Waals surface area contributed by atoms with Crippen LogP contribution in [0, 0.1) is 5.92 Å². The molecule has 0 heterocycles. The van der Waals surface area contributed by atoms with Crippen molar-refractivity contribution in [3.05, 3.63) is 22.7 Å². The zero-order chi connectivity index (χ0) is 12.7. The molecule has 1 aromatic carbocycles. The number of hydrogen-bond donors (Lipinski definition) is 2. The molecule has 1 unspecified atom stereocenters. The minimum absolute atomic E-state index is 0.748. The van der Waals surface area contributed by atoms with Crippen LogP contribution in [0.15, 0.2) is 22.7 Å². The third-order valence-corrected chi connectivity index (χ3v) is 3.63. The van der Waals surface area contributed by atoms with Crippen LogP contribution in [0.5, 0.6) is 0 Å². The van der Waals surface area contributed by atoms with Crippen molar-refractivity contribution >= 4 is 27.3 Å². The van der Waals surface area contributed by atoms with Gasteiger partial charge in [0, 0.05) is 11.0 Å². The van der Waals surface area contributed by atoms with Crippen molar-refractivity contribution in [1.29, 1.82) is 0 Å². The van der Waals surface area contributed by atoms with Crippen molar-refractivity contribution in [2.45, 2.75) is 39.5 Å². The van der Waals surface area contributed by atoms with Gasteiger partial charge < -0.3 is 11.1 Å². The first-order valence-corrected chi connectivity index (χ1v) is 7.25. The molecule has 17 heavy (non-hydrogen) atoms. The highest BCUT2D eigenvalue weighted by atomic mass is 79.9. The molecule has 0 aliphatic heterocycles. The molecule has 0 radical (unpaired) electrons. The highest BCUT2D eigenvalue weighted by molar-refractivity contribution is 9.10. The van der Waals surface area contributed by atoms with E-state index >= 15 is 0 Å². The molecular weight excluding hydrogens is 276 g/mol. The molecule has 0 aliphatic carbocycles. The van der Waals surface area contributed by atoms with E-state index in [1.165, 1.54) is 25.7 Å². The standard InChI is InChI=1S/C14H23BrN2/c1-3-5-6-11(4-2)10-17-14-8-7-12(15)9-13(14)16/h7-9,11,17H,3-6,10,16H2,1-2H3. The number of nitrogen functional groups attached to an aromatic ring is 1. The van der Waals surface area contributed by atoms with Gasteiger partial charge in [0.15, 0.2) is 0 Å². The van der Waals surface area contributed by atoms with Crippen molar-refractivity contribution < 1.29 is 0 Å². The Balaban J connectivity index is 2.47. The molecule has 3 N–H and O–H groups in total. The normalized spacial score (nSPS) is 12.4. The Kier molecular flexibility index (Phi) is 6.41. The molecule has 0 bridgehead atoms. The monoisotopic (exact) mass is 298 g/mol. The number of benzene rings is 1. The van der Waals surface area contributed by atoms with E-state index in [0.717, 1.165) is 28.3 Å². The number of halogens is 1. The van der Waals surface area contributed by atoms with Gasteiger partial charge in [-0.1, -0.05) is 49.0 Å². The molecule has 0 saturated heterocycles. The maximum Gasteiger partial charge on any atom is 0.0574 e. The average molecular weight is 299 g/mol. The fourth-order valence-electron chi connectivity index (χ4n) is 1.89. The summed E-state index contributed by atoms with van der Waals surface area (Å²) in [4.78, 5) is 0. The van der Waals surface area contributed by atoms with Crippen LogP contribution in [0.4, 0.5) is 11.4 Å². The van der Waals surface area contributed by atoms with E-state index in [1.54, 1.807) is 0 Å². The lowest BCUT2D eigenvalue weighted by molar-refractivity contribution is 0.473. The smallest absolute Gasteiger partial charge is 0.0574 e. The molecule has 0 spiro atoms. The first kappa shape index (κ1) is 14.4. The van der Waals surface area contributed by atoms with E-state index in [9.17, 15) is 0 Å². The van der Waals surface area contributed by atoms with Crippen molar-refractivity contribution in [1.82, 2.24) is 0 Å². The highest BCUT2D eigenvalue weighted by Crippen LogP contribution is 2.24. The van der Waals surface area contributed by atoms with E-state index < -0.39 is 0 Å². The second-order valence-electron chi connectivity index (χ2n) is 4.53. The summed E-state index contributed by atoms with van der Waals surface area (Å²) in [5, 5.41) is 3.45. The molecule has 1 atom stereocenters. The molecule has 2 nitrogen and oxygen atoms in total. The van der Waals surface area contributed by atoms with Crippen molar-refractivity contribution in [3.8, 4) is 0 Å². The van der Waals surface area contributed by atoms with Crippen LogP contribution in [0.25, 0.3) is 0 Å². The molecule has 1 aromatic rings. The third kappa shape index (κ3) is 4.99. The van der Waals surface area contributed by atoms with Crippen LogP contribution >= 0.6 is 15.9 Å². The van der Waals surface area contributed by atoms with Crippen LogP contribution in [0.2, 0.25) is 0 Å². The first-order valence-electron chi connectivity index (χ1n) is 6.46. The molecule has 3 heteroatoms. The summed E-state index contributed by atoms with van der Waals surface area (Å²) in [5.41, 5.74) is 7.81. The highest BCUT2D eigenvalue weighted by Gasteiger charge is 2.06. The van der Waals surface area contributed by atoms with Crippen LogP contribution in [-0.2, 0) is 0 Å². The summed E-state index contributed by atoms with van der Waals surface area (Å²) in [6.45, 7) is 5.52. The summed E-state index contributed by atoms with van der Waals surface area (Å²) in [6, 6.07) is 5.99. The third-order valence-electron chi connectivity index (χ3n) is 3.14. The number of nitrogens with one attached hydrogen (secondary N) is 1. The van der Waals surface area contributed by atoms with E-state index in [2.05, 4.69) is 35.1 Å². The van der Waals surface area contributed by atoms with E-state index in [-0.39, 0.29) is 0 Å². The van der Waals surface area contributed by atoms with Gasteiger partial charge in [-0.05, 0) is 30.5 Å². The van der Waals surface area contributed by atoms with E-state index in [4.69, 9.17) is 5.73 Å². The maximum atomic E-state index is 5.96. The Morgan fingerprint density at radius 3 is 2.71 bits per heavy atom. The zero-order valence-corrected chi connectivity index (χ0v) is 12.4. The molecule has 0 fully saturated rings. The summed E-state index contributed by atoms with van der Waals surface area (Å²) in [6.07, 6.45) is 5.12. The van der Waals surface area contributed by atoms with Gasteiger partial charge in [-0.3, -0.25) is 0 Å². The summed E-state index contributed by atoms with van der Waals surface area (Å²) in [7, 11) is 0. The minimum Gasteiger partial charge on any atom is -0.397 e. The topological polar surface area (TPSA) is 38.0 Å². The SMILES string of the molecule is CCCCC(CC)CNc1ccc(Br)cc1N. The first-order chi connectivity index (χ1) is 8.17. The molecule has 1 rings (SSSR count). The lowest BCUT2D eigenvalue weighted by Crippen LogP contribution is -2.14. The van der Waals surface area contributed by atoms with Gasteiger partial charge in [-0.25, -0.2) is 0 Å². The Morgan fingerprint density at radius 1 is 1.35 bits per heavy atom. The van der Waals surface area contributed by atoms with Crippen molar-refractivity contribution in [2.24, 2.45) is 5.92 Å². The molecule has 0 saturated carbocycles. The predicted octanol–water partition coefficient (Wildman–Crippen LogP) is 4.66. The van der Waals surface area contributed by atoms with Gasteiger partial charge in [0.2, 0.25) is 0 Å². The maximum absolute atomic E-state index is 5.96. The van der Waals surface area contributed by atoms with Gasteiger partial charge in [0.05, 0.1) is 11.4 Å². The average Bonchev–Trinajstić information content (AvgIpc) is 2.31. The summed E-state index contributed by atoms with van der Waals surface area (Å²) in [5.74, 6) is 0.748. The Bertz CT molecular complexity index is 339. The second-order valence-corrected chi connectivity index (χ2v) is 5.44. The van der Waals surface area contributed by atoms with E-state index in [1.807, 2.05) is 18.2 Å². The summed E-state index contributed by atoms with van der Waals surface area (Å²) >= 11 is 3.42. The van der Waals surface area contributed by atoms with Crippen LogP contribution < -0.4 is 11.1 Å². The fraction of sp³-hybridized carbons (Fsp3) is 0.571.